The molecule has 0 bridgehead atoms. The Bertz CT molecular complexity index is 372. The van der Waals surface area contributed by atoms with E-state index in [4.69, 9.17) is 9.47 Å². The molecule has 5 heteroatoms. The van der Waals surface area contributed by atoms with Gasteiger partial charge in [-0.3, -0.25) is 0 Å². The third-order valence-corrected chi connectivity index (χ3v) is 3.10. The first-order chi connectivity index (χ1) is 8.36. The molecule has 0 aliphatic heterocycles. The molecule has 102 valence electrons. The molecule has 1 aromatic rings. The van der Waals surface area contributed by atoms with Gasteiger partial charge in [-0.1, -0.05) is 15.9 Å². The molecule has 18 heavy (non-hydrogen) atoms. The maximum Gasteiger partial charge on any atom is 0.159 e. The highest BCUT2D eigenvalue weighted by Crippen LogP contribution is 2.23. The van der Waals surface area contributed by atoms with Gasteiger partial charge in [-0.2, -0.15) is 0 Å². The highest BCUT2D eigenvalue weighted by molar-refractivity contribution is 9.10. The van der Waals surface area contributed by atoms with Gasteiger partial charge in [0.25, 0.3) is 0 Å². The van der Waals surface area contributed by atoms with E-state index in [1.807, 2.05) is 0 Å². The number of rotatable bonds is 6. The molecule has 0 fully saturated rings. The smallest absolute Gasteiger partial charge is 0.159 e. The number of benzene rings is 1. The Balaban J connectivity index is 2.74. The molecule has 1 atom stereocenters. The molecular weight excluding hydrogens is 303 g/mol. The summed E-state index contributed by atoms with van der Waals surface area (Å²) in [6.45, 7) is 1.68. The minimum absolute atomic E-state index is 0.314. The quantitative estimate of drug-likeness (QED) is 0.819. The predicted molar refractivity (Wildman–Crippen MR) is 70.9 cm³/mol. The molecule has 0 radical (unpaired) electrons. The van der Waals surface area contributed by atoms with E-state index in [2.05, 4.69) is 15.9 Å². The van der Waals surface area contributed by atoms with Crippen molar-refractivity contribution in [3.8, 4) is 0 Å². The average molecular weight is 321 g/mol. The van der Waals surface area contributed by atoms with Gasteiger partial charge in [0.1, 0.15) is 5.82 Å². The molecular formula is C13H18BrFO3. The molecule has 0 saturated heterocycles. The second kappa shape index (κ2) is 6.61. The van der Waals surface area contributed by atoms with E-state index in [0.717, 1.165) is 5.56 Å². The molecule has 0 amide bonds. The van der Waals surface area contributed by atoms with Crippen molar-refractivity contribution in [1.29, 1.82) is 0 Å². The molecule has 0 aromatic heterocycles. The zero-order valence-corrected chi connectivity index (χ0v) is 12.3. The molecule has 1 aromatic carbocycles. The van der Waals surface area contributed by atoms with Crippen LogP contribution in [-0.2, 0) is 15.9 Å². The fourth-order valence-corrected chi connectivity index (χ4v) is 2.36. The number of methoxy groups -OCH3 is 2. The van der Waals surface area contributed by atoms with Crippen LogP contribution in [0.4, 0.5) is 4.39 Å². The summed E-state index contributed by atoms with van der Waals surface area (Å²) >= 11 is 3.23. The Morgan fingerprint density at radius 1 is 1.33 bits per heavy atom. The van der Waals surface area contributed by atoms with Gasteiger partial charge in [0, 0.05) is 31.5 Å². The van der Waals surface area contributed by atoms with Gasteiger partial charge >= 0.3 is 0 Å². The summed E-state index contributed by atoms with van der Waals surface area (Å²) in [6.07, 6.45) is 0.165. The summed E-state index contributed by atoms with van der Waals surface area (Å²) in [5.74, 6) is -0.329. The van der Waals surface area contributed by atoms with Crippen LogP contribution in [-0.4, -0.2) is 31.2 Å². The van der Waals surface area contributed by atoms with E-state index in [9.17, 15) is 9.50 Å². The first-order valence-corrected chi connectivity index (χ1v) is 6.38. The van der Waals surface area contributed by atoms with E-state index >= 15 is 0 Å². The third-order valence-electron chi connectivity index (χ3n) is 2.64. The Morgan fingerprint density at radius 2 is 1.94 bits per heavy atom. The summed E-state index contributed by atoms with van der Waals surface area (Å²) in [5, 5.41) is 10.3. The number of hydrogen-bond acceptors (Lipinski definition) is 3. The van der Waals surface area contributed by atoms with Gasteiger partial charge in [0.2, 0.25) is 0 Å². The number of aliphatic hydroxyl groups is 1. The fourth-order valence-electron chi connectivity index (χ4n) is 1.85. The maximum absolute atomic E-state index is 13.2. The second-order valence-corrected chi connectivity index (χ2v) is 5.47. The lowest BCUT2D eigenvalue weighted by molar-refractivity contribution is -0.139. The van der Waals surface area contributed by atoms with Crippen molar-refractivity contribution >= 4 is 15.9 Å². The summed E-state index contributed by atoms with van der Waals surface area (Å²) in [4.78, 5) is 0. The van der Waals surface area contributed by atoms with Crippen LogP contribution in [0.3, 0.4) is 0 Å². The molecule has 0 aliphatic carbocycles. The SMILES string of the molecule is COC(CC(C)(O)Cc1cc(F)cc(Br)c1)OC. The van der Waals surface area contributed by atoms with Crippen LogP contribution in [0, 0.1) is 5.82 Å². The molecule has 1 rings (SSSR count). The third kappa shape index (κ3) is 5.02. The lowest BCUT2D eigenvalue weighted by Gasteiger charge is -2.27. The monoisotopic (exact) mass is 320 g/mol. The topological polar surface area (TPSA) is 38.7 Å². The zero-order valence-electron chi connectivity index (χ0n) is 10.7. The first-order valence-electron chi connectivity index (χ1n) is 5.59. The normalized spacial score (nSPS) is 14.8. The summed E-state index contributed by atoms with van der Waals surface area (Å²) in [5.41, 5.74) is -0.304. The van der Waals surface area contributed by atoms with Crippen molar-refractivity contribution in [2.24, 2.45) is 0 Å². The molecule has 0 heterocycles. The van der Waals surface area contributed by atoms with Crippen LogP contribution < -0.4 is 0 Å². The molecule has 0 saturated carbocycles. The minimum atomic E-state index is -1.02. The minimum Gasteiger partial charge on any atom is -0.390 e. The van der Waals surface area contributed by atoms with E-state index < -0.39 is 11.9 Å². The number of ether oxygens (including phenoxy) is 2. The van der Waals surface area contributed by atoms with Crippen LogP contribution in [0.15, 0.2) is 22.7 Å². The fraction of sp³-hybridized carbons (Fsp3) is 0.538. The second-order valence-electron chi connectivity index (χ2n) is 4.56. The van der Waals surface area contributed by atoms with Gasteiger partial charge in [-0.25, -0.2) is 4.39 Å². The first kappa shape index (κ1) is 15.6. The van der Waals surface area contributed by atoms with Crippen LogP contribution in [0.25, 0.3) is 0 Å². The van der Waals surface area contributed by atoms with Gasteiger partial charge < -0.3 is 14.6 Å². The highest BCUT2D eigenvalue weighted by atomic mass is 79.9. The Morgan fingerprint density at radius 3 is 2.44 bits per heavy atom. The largest absolute Gasteiger partial charge is 0.390 e. The Labute approximate surface area is 115 Å². The van der Waals surface area contributed by atoms with Crippen molar-refractivity contribution in [2.75, 3.05) is 14.2 Å². The van der Waals surface area contributed by atoms with Crippen LogP contribution in [0.1, 0.15) is 18.9 Å². The van der Waals surface area contributed by atoms with E-state index in [-0.39, 0.29) is 5.82 Å². The van der Waals surface area contributed by atoms with E-state index in [0.29, 0.717) is 17.3 Å². The van der Waals surface area contributed by atoms with Gasteiger partial charge in [0.05, 0.1) is 5.60 Å². The molecule has 0 spiro atoms. The van der Waals surface area contributed by atoms with Crippen molar-refractivity contribution in [3.05, 3.63) is 34.1 Å². The van der Waals surface area contributed by atoms with E-state index in [1.54, 1.807) is 13.0 Å². The van der Waals surface area contributed by atoms with Gasteiger partial charge in [-0.05, 0) is 30.7 Å². The average Bonchev–Trinajstić information content (AvgIpc) is 2.23. The molecule has 0 aliphatic rings. The Kier molecular flexibility index (Phi) is 5.72. The zero-order chi connectivity index (χ0) is 13.8. The summed E-state index contributed by atoms with van der Waals surface area (Å²) in [7, 11) is 3.03. The molecule has 1 unspecified atom stereocenters. The standard InChI is InChI=1S/C13H18BrFO3/c1-13(16,8-12(17-2)18-3)7-9-4-10(14)6-11(15)5-9/h4-6,12,16H,7-8H2,1-3H3. The molecule has 1 N–H and O–H groups in total. The Hall–Kier alpha value is -0.490. The van der Waals surface area contributed by atoms with Crippen LogP contribution in [0.2, 0.25) is 0 Å². The number of hydrogen-bond donors (Lipinski definition) is 1. The van der Waals surface area contributed by atoms with Gasteiger partial charge in [0.15, 0.2) is 6.29 Å². The number of halogens is 2. The van der Waals surface area contributed by atoms with Crippen LogP contribution in [0.5, 0.6) is 0 Å². The predicted octanol–water partition coefficient (Wildman–Crippen LogP) is 2.89. The maximum atomic E-state index is 13.2. The van der Waals surface area contributed by atoms with Crippen molar-refractivity contribution in [3.63, 3.8) is 0 Å². The van der Waals surface area contributed by atoms with Gasteiger partial charge in [-0.15, -0.1) is 0 Å². The summed E-state index contributed by atoms with van der Waals surface area (Å²) in [6, 6.07) is 4.57. The van der Waals surface area contributed by atoms with E-state index in [1.165, 1.54) is 26.4 Å². The van der Waals surface area contributed by atoms with Crippen LogP contribution >= 0.6 is 15.9 Å². The van der Waals surface area contributed by atoms with Crippen molar-refractivity contribution < 1.29 is 19.0 Å². The summed E-state index contributed by atoms with van der Waals surface area (Å²) < 4.78 is 24.0. The highest BCUT2D eigenvalue weighted by Gasteiger charge is 2.26. The van der Waals surface area contributed by atoms with Crippen molar-refractivity contribution in [2.45, 2.75) is 31.7 Å². The molecule has 3 nitrogen and oxygen atoms in total. The van der Waals surface area contributed by atoms with Crippen molar-refractivity contribution in [1.82, 2.24) is 0 Å². The lowest BCUT2D eigenvalue weighted by Crippen LogP contribution is -2.34. The lowest BCUT2D eigenvalue weighted by atomic mass is 9.93.